The molecule has 1 aliphatic rings. The highest BCUT2D eigenvalue weighted by Crippen LogP contribution is 2.11. The molecule has 1 heterocycles. The number of likely N-dealkylation sites (N-methyl/N-ethyl adjacent to an activating group) is 1. The minimum absolute atomic E-state index is 0.0884. The van der Waals surface area contributed by atoms with E-state index in [0.717, 1.165) is 25.8 Å². The Morgan fingerprint density at radius 1 is 0.738 bits per heavy atom. The Bertz CT molecular complexity index is 989. The third-order valence-corrected chi connectivity index (χ3v) is 7.39. The predicted octanol–water partition coefficient (Wildman–Crippen LogP) is 1.59. The molecule has 0 aromatic heterocycles. The lowest BCUT2D eigenvalue weighted by Gasteiger charge is -2.33. The molecule has 0 atom stereocenters. The molecule has 0 saturated carbocycles. The summed E-state index contributed by atoms with van der Waals surface area (Å²) in [6.45, 7) is 12.1. The number of anilines is 1. The Labute approximate surface area is 250 Å². The average molecular weight is 591 g/mol. The van der Waals surface area contributed by atoms with E-state index >= 15 is 0 Å². The molecule has 2 amide bonds. The zero-order valence-corrected chi connectivity index (χ0v) is 25.5. The zero-order chi connectivity index (χ0) is 30.9. The van der Waals surface area contributed by atoms with Crippen LogP contribution in [0.25, 0.3) is 0 Å². The fraction of sp³-hybridized carbons (Fsp3) is 0.667. The maximum atomic E-state index is 13.0. The number of hydrogen-bond acceptors (Lipinski definition) is 8. The topological polar surface area (TPSA) is 146 Å². The van der Waals surface area contributed by atoms with Gasteiger partial charge >= 0.3 is 11.9 Å². The second kappa shape index (κ2) is 19.2. The number of amides is 2. The first kappa shape index (κ1) is 35.1. The van der Waals surface area contributed by atoms with Gasteiger partial charge in [-0.15, -0.1) is 0 Å². The summed E-state index contributed by atoms with van der Waals surface area (Å²) in [5.41, 5.74) is 1.14. The quantitative estimate of drug-likeness (QED) is 0.236. The van der Waals surface area contributed by atoms with Gasteiger partial charge in [-0.05, 0) is 43.1 Å². The van der Waals surface area contributed by atoms with Gasteiger partial charge in [-0.25, -0.2) is 0 Å². The van der Waals surface area contributed by atoms with E-state index in [0.29, 0.717) is 76.1 Å². The summed E-state index contributed by atoms with van der Waals surface area (Å²) in [5.74, 6) is -1.51. The zero-order valence-electron chi connectivity index (χ0n) is 25.5. The van der Waals surface area contributed by atoms with E-state index in [4.69, 9.17) is 0 Å². The first-order chi connectivity index (χ1) is 20.0. The number of carboxylic acid groups (broad SMARTS) is 2. The Morgan fingerprint density at radius 3 is 1.67 bits per heavy atom. The van der Waals surface area contributed by atoms with Gasteiger partial charge in [0.25, 0.3) is 5.91 Å². The van der Waals surface area contributed by atoms with Gasteiger partial charge in [0.15, 0.2) is 0 Å². The van der Waals surface area contributed by atoms with Crippen LogP contribution in [0.4, 0.5) is 5.69 Å². The van der Waals surface area contributed by atoms with E-state index in [1.807, 2.05) is 9.80 Å². The molecule has 1 aromatic rings. The molecular weight excluding hydrogens is 540 g/mol. The minimum Gasteiger partial charge on any atom is -0.480 e. The minimum atomic E-state index is -0.948. The number of carboxylic acids is 2. The highest BCUT2D eigenvalue weighted by molar-refractivity contribution is 5.96. The monoisotopic (exact) mass is 590 g/mol. The first-order valence-electron chi connectivity index (χ1n) is 15.1. The van der Waals surface area contributed by atoms with Gasteiger partial charge in [0.2, 0.25) is 5.91 Å². The van der Waals surface area contributed by atoms with Crippen LogP contribution in [0.5, 0.6) is 0 Å². The Morgan fingerprint density at radius 2 is 1.21 bits per heavy atom. The SMILES string of the molecule is CCN1CCN(CC(=O)O)CCN(CC(=O)O)CCN(CC(=O)Nc2ccc(C(=O)NCCCCC(C)C)cc2)CC1. The van der Waals surface area contributed by atoms with E-state index in [1.54, 1.807) is 29.2 Å². The van der Waals surface area contributed by atoms with E-state index in [-0.39, 0.29) is 31.4 Å². The van der Waals surface area contributed by atoms with Crippen LogP contribution in [0.15, 0.2) is 24.3 Å². The Balaban J connectivity index is 1.95. The number of nitrogens with zero attached hydrogens (tertiary/aromatic N) is 4. The summed E-state index contributed by atoms with van der Waals surface area (Å²) in [6, 6.07) is 6.84. The van der Waals surface area contributed by atoms with Crippen molar-refractivity contribution >= 4 is 29.4 Å². The lowest BCUT2D eigenvalue weighted by atomic mass is 10.1. The molecule has 12 nitrogen and oxygen atoms in total. The highest BCUT2D eigenvalue weighted by Gasteiger charge is 2.20. The number of carbonyl (C=O) groups excluding carboxylic acids is 2. The van der Waals surface area contributed by atoms with Crippen molar-refractivity contribution in [2.45, 2.75) is 40.0 Å². The molecule has 0 unspecified atom stereocenters. The molecule has 2 rings (SSSR count). The fourth-order valence-corrected chi connectivity index (χ4v) is 4.84. The van der Waals surface area contributed by atoms with Gasteiger partial charge in [-0.1, -0.05) is 33.6 Å². The lowest BCUT2D eigenvalue weighted by molar-refractivity contribution is -0.140. The van der Waals surface area contributed by atoms with Crippen molar-refractivity contribution in [3.8, 4) is 0 Å². The first-order valence-corrected chi connectivity index (χ1v) is 15.1. The fourth-order valence-electron chi connectivity index (χ4n) is 4.84. The molecule has 1 aliphatic heterocycles. The molecule has 0 spiro atoms. The van der Waals surface area contributed by atoms with Gasteiger partial charge in [0.05, 0.1) is 19.6 Å². The van der Waals surface area contributed by atoms with E-state index in [1.165, 1.54) is 0 Å². The predicted molar refractivity (Wildman–Crippen MR) is 163 cm³/mol. The molecule has 1 aromatic carbocycles. The third kappa shape index (κ3) is 14.7. The molecule has 42 heavy (non-hydrogen) atoms. The van der Waals surface area contributed by atoms with Crippen LogP contribution in [-0.4, -0.2) is 139 Å². The summed E-state index contributed by atoms with van der Waals surface area (Å²) in [4.78, 5) is 56.0. The third-order valence-electron chi connectivity index (χ3n) is 7.39. The number of benzene rings is 1. The highest BCUT2D eigenvalue weighted by atomic mass is 16.4. The van der Waals surface area contributed by atoms with Gasteiger partial charge in [-0.3, -0.25) is 33.9 Å². The van der Waals surface area contributed by atoms with Crippen LogP contribution in [-0.2, 0) is 14.4 Å². The average Bonchev–Trinajstić information content (AvgIpc) is 2.92. The number of carbonyl (C=O) groups is 4. The number of rotatable bonds is 14. The molecule has 12 heteroatoms. The largest absolute Gasteiger partial charge is 0.480 e. The molecule has 0 aliphatic carbocycles. The van der Waals surface area contributed by atoms with Crippen molar-refractivity contribution in [1.29, 1.82) is 0 Å². The van der Waals surface area contributed by atoms with Crippen molar-refractivity contribution in [2.24, 2.45) is 5.92 Å². The van der Waals surface area contributed by atoms with Crippen LogP contribution in [0.1, 0.15) is 50.4 Å². The van der Waals surface area contributed by atoms with E-state index < -0.39 is 11.9 Å². The summed E-state index contributed by atoms with van der Waals surface area (Å²) in [6.07, 6.45) is 3.17. The Hall–Kier alpha value is -3.06. The van der Waals surface area contributed by atoms with Crippen molar-refractivity contribution in [3.05, 3.63) is 29.8 Å². The standard InChI is InChI=1S/C30H50N6O6/c1-4-33-13-15-34(17-18-36(23-29(40)41)20-19-35(16-14-33)22-28(38)39)21-27(37)32-26-10-8-25(9-11-26)30(42)31-12-6-5-7-24(2)3/h8-11,24H,4-7,12-23H2,1-3H3,(H,31,42)(H,32,37)(H,38,39)(H,40,41). The number of nitrogens with one attached hydrogen (secondary N) is 2. The van der Waals surface area contributed by atoms with Crippen molar-refractivity contribution in [3.63, 3.8) is 0 Å². The van der Waals surface area contributed by atoms with Crippen LogP contribution in [0.3, 0.4) is 0 Å². The normalized spacial score (nSPS) is 16.9. The van der Waals surface area contributed by atoms with Crippen LogP contribution in [0, 0.1) is 5.92 Å². The maximum Gasteiger partial charge on any atom is 0.317 e. The van der Waals surface area contributed by atoms with Crippen LogP contribution in [0.2, 0.25) is 0 Å². The molecular formula is C30H50N6O6. The summed E-state index contributed by atoms with van der Waals surface area (Å²) < 4.78 is 0. The molecule has 1 saturated heterocycles. The van der Waals surface area contributed by atoms with Crippen LogP contribution >= 0.6 is 0 Å². The number of unbranched alkanes of at least 4 members (excludes halogenated alkanes) is 1. The molecule has 1 fully saturated rings. The lowest BCUT2D eigenvalue weighted by Crippen LogP contribution is -2.48. The molecule has 0 radical (unpaired) electrons. The molecule has 4 N–H and O–H groups in total. The maximum absolute atomic E-state index is 13.0. The van der Waals surface area contributed by atoms with Crippen molar-refractivity contribution < 1.29 is 29.4 Å². The van der Waals surface area contributed by atoms with Gasteiger partial charge in [-0.2, -0.15) is 0 Å². The van der Waals surface area contributed by atoms with Crippen molar-refractivity contribution in [2.75, 3.05) is 90.4 Å². The molecule has 236 valence electrons. The van der Waals surface area contributed by atoms with E-state index in [9.17, 15) is 29.4 Å². The second-order valence-electron chi connectivity index (χ2n) is 11.3. The van der Waals surface area contributed by atoms with Gasteiger partial charge < -0.3 is 25.7 Å². The summed E-state index contributed by atoms with van der Waals surface area (Å²) in [5, 5.41) is 24.5. The summed E-state index contributed by atoms with van der Waals surface area (Å²) >= 11 is 0. The number of aliphatic carboxylic acids is 2. The summed E-state index contributed by atoms with van der Waals surface area (Å²) in [7, 11) is 0. The van der Waals surface area contributed by atoms with Crippen molar-refractivity contribution in [1.82, 2.24) is 24.9 Å². The smallest absolute Gasteiger partial charge is 0.317 e. The van der Waals surface area contributed by atoms with E-state index in [2.05, 4.69) is 36.3 Å². The second-order valence-corrected chi connectivity index (χ2v) is 11.3. The number of hydrogen-bond donors (Lipinski definition) is 4. The van der Waals surface area contributed by atoms with Gasteiger partial charge in [0, 0.05) is 70.2 Å². The molecule has 0 bridgehead atoms. The van der Waals surface area contributed by atoms with Gasteiger partial charge in [0.1, 0.15) is 0 Å². The van der Waals surface area contributed by atoms with Crippen LogP contribution < -0.4 is 10.6 Å². The Kier molecular flexibility index (Phi) is 16.1.